The molecule has 0 aliphatic carbocycles. The molecule has 35 heavy (non-hydrogen) atoms. The van der Waals surface area contributed by atoms with Crippen LogP contribution in [-0.2, 0) is 24.3 Å². The lowest BCUT2D eigenvalue weighted by atomic mass is 10.00. The van der Waals surface area contributed by atoms with Crippen LogP contribution in [0.15, 0.2) is 128 Å². The Bertz CT molecular complexity index is 1380. The van der Waals surface area contributed by atoms with Crippen LogP contribution in [-0.4, -0.2) is 10.5 Å². The summed E-state index contributed by atoms with van der Waals surface area (Å²) in [5.41, 5.74) is 6.78. The number of benzene rings is 4. The minimum Gasteiger partial charge on any atom is -0.457 e. The number of carbonyl (C=O) groups is 1. The summed E-state index contributed by atoms with van der Waals surface area (Å²) in [4.78, 5) is 13.7. The molecular weight excluding hydrogens is 430 g/mol. The third-order valence-corrected chi connectivity index (χ3v) is 6.10. The van der Waals surface area contributed by atoms with Crippen molar-refractivity contribution in [1.82, 2.24) is 4.57 Å². The molecule has 1 aromatic heterocycles. The van der Waals surface area contributed by atoms with Crippen molar-refractivity contribution in [3.8, 4) is 11.1 Å². The van der Waals surface area contributed by atoms with Crippen LogP contribution in [0.25, 0.3) is 11.1 Å². The molecule has 3 heteroatoms. The van der Waals surface area contributed by atoms with Gasteiger partial charge in [-0.1, -0.05) is 121 Å². The number of ether oxygens (including phenoxy) is 1. The summed E-state index contributed by atoms with van der Waals surface area (Å²) in [7, 11) is 0. The fourth-order valence-electron chi connectivity index (χ4n) is 4.36. The average Bonchev–Trinajstić information content (AvgIpc) is 3.27. The fraction of sp³-hybridized carbons (Fsp3) is 0.0938. The van der Waals surface area contributed by atoms with Crippen LogP contribution < -0.4 is 0 Å². The molecule has 4 aromatic carbocycles. The zero-order chi connectivity index (χ0) is 23.9. The zero-order valence-corrected chi connectivity index (χ0v) is 19.5. The van der Waals surface area contributed by atoms with E-state index in [2.05, 4.69) is 35.0 Å². The molecule has 5 aromatic rings. The number of esters is 1. The van der Waals surface area contributed by atoms with Gasteiger partial charge in [0.1, 0.15) is 6.61 Å². The van der Waals surface area contributed by atoms with Crippen molar-refractivity contribution >= 4 is 5.97 Å². The third kappa shape index (κ3) is 5.42. The van der Waals surface area contributed by atoms with Gasteiger partial charge in [-0.15, -0.1) is 0 Å². The van der Waals surface area contributed by atoms with Gasteiger partial charge in [0, 0.05) is 30.4 Å². The number of hydrogen-bond acceptors (Lipinski definition) is 2. The smallest absolute Gasteiger partial charge is 0.340 e. The molecule has 0 fully saturated rings. The van der Waals surface area contributed by atoms with Gasteiger partial charge in [-0.3, -0.25) is 0 Å². The van der Waals surface area contributed by atoms with Crippen molar-refractivity contribution in [3.05, 3.63) is 155 Å². The van der Waals surface area contributed by atoms with Gasteiger partial charge in [-0.2, -0.15) is 0 Å². The lowest BCUT2D eigenvalue weighted by Crippen LogP contribution is -2.12. The Morgan fingerprint density at radius 3 is 1.74 bits per heavy atom. The van der Waals surface area contributed by atoms with Crippen LogP contribution in [0.2, 0.25) is 0 Å². The normalized spacial score (nSPS) is 10.7. The largest absolute Gasteiger partial charge is 0.457 e. The highest BCUT2D eigenvalue weighted by Crippen LogP contribution is 2.31. The van der Waals surface area contributed by atoms with Crippen LogP contribution >= 0.6 is 0 Å². The van der Waals surface area contributed by atoms with Crippen LogP contribution in [0, 0.1) is 0 Å². The molecule has 5 rings (SSSR count). The first-order valence-corrected chi connectivity index (χ1v) is 11.8. The highest BCUT2D eigenvalue weighted by atomic mass is 16.5. The second-order valence-electron chi connectivity index (χ2n) is 8.57. The summed E-state index contributed by atoms with van der Waals surface area (Å²) < 4.78 is 8.06. The molecule has 0 saturated heterocycles. The minimum atomic E-state index is -0.301. The van der Waals surface area contributed by atoms with E-state index in [1.165, 1.54) is 5.56 Å². The SMILES string of the molecule is O=C(OCc1ccccc1)c1c(-c2ccccc2)cn(Cc2ccccc2)c1Cc1ccccc1. The summed E-state index contributed by atoms with van der Waals surface area (Å²) in [6.45, 7) is 0.914. The maximum absolute atomic E-state index is 13.7. The van der Waals surface area contributed by atoms with Gasteiger partial charge >= 0.3 is 5.97 Å². The first kappa shape index (κ1) is 22.4. The summed E-state index contributed by atoms with van der Waals surface area (Å²) in [5.74, 6) is -0.301. The van der Waals surface area contributed by atoms with E-state index in [-0.39, 0.29) is 12.6 Å². The Labute approximate surface area is 206 Å². The third-order valence-electron chi connectivity index (χ3n) is 6.10. The summed E-state index contributed by atoms with van der Waals surface area (Å²) in [5, 5.41) is 0. The van der Waals surface area contributed by atoms with Crippen molar-refractivity contribution in [2.24, 2.45) is 0 Å². The van der Waals surface area contributed by atoms with Gasteiger partial charge in [0.2, 0.25) is 0 Å². The fourth-order valence-corrected chi connectivity index (χ4v) is 4.36. The summed E-state index contributed by atoms with van der Waals surface area (Å²) in [6.07, 6.45) is 2.73. The van der Waals surface area contributed by atoms with Gasteiger partial charge in [-0.05, 0) is 22.3 Å². The molecule has 0 amide bonds. The molecular formula is C32H27NO2. The second kappa shape index (κ2) is 10.7. The van der Waals surface area contributed by atoms with Crippen LogP contribution in [0.4, 0.5) is 0 Å². The Morgan fingerprint density at radius 1 is 0.629 bits per heavy atom. The monoisotopic (exact) mass is 457 g/mol. The average molecular weight is 458 g/mol. The molecule has 0 bridgehead atoms. The van der Waals surface area contributed by atoms with E-state index in [0.29, 0.717) is 18.5 Å². The van der Waals surface area contributed by atoms with Gasteiger partial charge in [0.15, 0.2) is 0 Å². The molecule has 0 saturated carbocycles. The Hall–Kier alpha value is -4.37. The molecule has 0 radical (unpaired) electrons. The first-order chi connectivity index (χ1) is 17.3. The second-order valence-corrected chi connectivity index (χ2v) is 8.57. The van der Waals surface area contributed by atoms with E-state index in [0.717, 1.165) is 27.9 Å². The highest BCUT2D eigenvalue weighted by molar-refractivity contribution is 5.99. The van der Waals surface area contributed by atoms with Crippen LogP contribution in [0.5, 0.6) is 0 Å². The number of rotatable bonds is 8. The number of hydrogen-bond donors (Lipinski definition) is 0. The molecule has 0 aliphatic rings. The molecule has 0 aliphatic heterocycles. The van der Waals surface area contributed by atoms with Gasteiger partial charge in [-0.25, -0.2) is 4.79 Å². The maximum atomic E-state index is 13.7. The van der Waals surface area contributed by atoms with Gasteiger partial charge in [0.05, 0.1) is 5.56 Å². The molecule has 172 valence electrons. The van der Waals surface area contributed by atoms with Gasteiger partial charge in [0.25, 0.3) is 0 Å². The van der Waals surface area contributed by atoms with Crippen molar-refractivity contribution in [1.29, 1.82) is 0 Å². The minimum absolute atomic E-state index is 0.239. The molecule has 0 atom stereocenters. The zero-order valence-electron chi connectivity index (χ0n) is 19.5. The number of carbonyl (C=O) groups excluding carboxylic acids is 1. The first-order valence-electron chi connectivity index (χ1n) is 11.8. The van der Waals surface area contributed by atoms with E-state index >= 15 is 0 Å². The maximum Gasteiger partial charge on any atom is 0.340 e. The van der Waals surface area contributed by atoms with Crippen molar-refractivity contribution in [3.63, 3.8) is 0 Å². The van der Waals surface area contributed by atoms with E-state index in [4.69, 9.17) is 4.74 Å². The summed E-state index contributed by atoms with van der Waals surface area (Å²) in [6, 6.07) is 40.5. The predicted molar refractivity (Wildman–Crippen MR) is 140 cm³/mol. The Morgan fingerprint density at radius 2 is 1.14 bits per heavy atom. The van der Waals surface area contributed by atoms with Gasteiger partial charge < -0.3 is 9.30 Å². The van der Waals surface area contributed by atoms with Crippen molar-refractivity contribution < 1.29 is 9.53 Å². The van der Waals surface area contributed by atoms with E-state index in [9.17, 15) is 4.79 Å². The molecule has 3 nitrogen and oxygen atoms in total. The summed E-state index contributed by atoms with van der Waals surface area (Å²) >= 11 is 0. The van der Waals surface area contributed by atoms with Crippen molar-refractivity contribution in [2.75, 3.05) is 0 Å². The number of nitrogens with zero attached hydrogens (tertiary/aromatic N) is 1. The standard InChI is InChI=1S/C32H27NO2/c34-32(35-24-27-17-9-3-10-18-27)31-29(28-19-11-4-12-20-28)23-33(22-26-15-7-2-8-16-26)30(31)21-25-13-5-1-6-14-25/h1-20,23H,21-22,24H2. The topological polar surface area (TPSA) is 31.2 Å². The predicted octanol–water partition coefficient (Wildman–Crippen LogP) is 7.15. The van der Waals surface area contributed by atoms with Crippen molar-refractivity contribution in [2.45, 2.75) is 19.6 Å². The number of aromatic nitrogens is 1. The van der Waals surface area contributed by atoms with E-state index in [1.54, 1.807) is 0 Å². The molecule has 0 unspecified atom stereocenters. The molecule has 1 heterocycles. The molecule has 0 spiro atoms. The Kier molecular flexibility index (Phi) is 6.86. The Balaban J connectivity index is 1.59. The van der Waals surface area contributed by atoms with E-state index < -0.39 is 0 Å². The van der Waals surface area contributed by atoms with E-state index in [1.807, 2.05) is 97.1 Å². The molecule has 0 N–H and O–H groups in total. The highest BCUT2D eigenvalue weighted by Gasteiger charge is 2.24. The quantitative estimate of drug-likeness (QED) is 0.232. The lowest BCUT2D eigenvalue weighted by Gasteiger charge is -2.13. The van der Waals surface area contributed by atoms with Crippen LogP contribution in [0.3, 0.4) is 0 Å². The lowest BCUT2D eigenvalue weighted by molar-refractivity contribution is 0.0472. The van der Waals surface area contributed by atoms with Crippen LogP contribution in [0.1, 0.15) is 32.7 Å².